The molecule has 8 heteroatoms. The molecule has 1 aromatic carbocycles. The molecule has 0 radical (unpaired) electrons. The number of nitrogens with zero attached hydrogens (tertiary/aromatic N) is 3. The van der Waals surface area contributed by atoms with Gasteiger partial charge in [-0.25, -0.2) is 4.98 Å². The van der Waals surface area contributed by atoms with Gasteiger partial charge in [0.15, 0.2) is 0 Å². The van der Waals surface area contributed by atoms with Crippen LogP contribution >= 0.6 is 0 Å². The number of hydrogen-bond donors (Lipinski definition) is 2. The molecule has 0 aliphatic heterocycles. The Hall–Kier alpha value is -3.42. The van der Waals surface area contributed by atoms with E-state index in [1.165, 1.54) is 12.1 Å². The Morgan fingerprint density at radius 3 is 2.59 bits per heavy atom. The van der Waals surface area contributed by atoms with Crippen LogP contribution in [-0.4, -0.2) is 33.3 Å². The van der Waals surface area contributed by atoms with Gasteiger partial charge in [0, 0.05) is 37.1 Å². The molecule has 140 valence electrons. The predicted molar refractivity (Wildman–Crippen MR) is 103 cm³/mol. The maximum absolute atomic E-state index is 12.5. The van der Waals surface area contributed by atoms with E-state index in [-0.39, 0.29) is 11.6 Å². The summed E-state index contributed by atoms with van der Waals surface area (Å²) in [5.74, 6) is -0.152. The number of pyridine rings is 1. The third-order valence-corrected chi connectivity index (χ3v) is 4.20. The number of nitro benzene ring substituents is 1. The molecule has 0 bridgehead atoms. The molecule has 0 aliphatic carbocycles. The van der Waals surface area contributed by atoms with Crippen LogP contribution in [0.3, 0.4) is 0 Å². The SMILES string of the molecule is Cc1ccc2nc(C)c(C(=O)NCCCNc3ccc([N+](=O)[O-])cc3)n2c1. The summed E-state index contributed by atoms with van der Waals surface area (Å²) in [6, 6.07) is 10.1. The van der Waals surface area contributed by atoms with Crippen LogP contribution in [0.2, 0.25) is 0 Å². The first-order chi connectivity index (χ1) is 13.0. The standard InChI is InChI=1S/C19H21N5O3/c1-13-4-9-17-22-14(2)18(23(17)12-13)19(25)21-11-3-10-20-15-5-7-16(8-6-15)24(26)27/h4-9,12,20H,3,10-11H2,1-2H3,(H,21,25). The third-order valence-electron chi connectivity index (χ3n) is 4.20. The van der Waals surface area contributed by atoms with E-state index in [1.807, 2.05) is 36.6 Å². The van der Waals surface area contributed by atoms with Gasteiger partial charge >= 0.3 is 0 Å². The molecule has 8 nitrogen and oxygen atoms in total. The van der Waals surface area contributed by atoms with E-state index in [0.717, 1.165) is 23.3 Å². The highest BCUT2D eigenvalue weighted by molar-refractivity contribution is 5.94. The maximum atomic E-state index is 12.5. The highest BCUT2D eigenvalue weighted by atomic mass is 16.6. The minimum atomic E-state index is -0.428. The van der Waals surface area contributed by atoms with Gasteiger partial charge in [-0.15, -0.1) is 0 Å². The summed E-state index contributed by atoms with van der Waals surface area (Å²) < 4.78 is 1.81. The van der Waals surface area contributed by atoms with Gasteiger partial charge in [0.05, 0.1) is 10.6 Å². The molecule has 0 spiro atoms. The van der Waals surface area contributed by atoms with Gasteiger partial charge in [-0.1, -0.05) is 6.07 Å². The zero-order chi connectivity index (χ0) is 19.4. The van der Waals surface area contributed by atoms with Crippen molar-refractivity contribution in [3.63, 3.8) is 0 Å². The number of rotatable bonds is 7. The molecular weight excluding hydrogens is 346 g/mol. The van der Waals surface area contributed by atoms with E-state index >= 15 is 0 Å². The topological polar surface area (TPSA) is 102 Å². The molecule has 27 heavy (non-hydrogen) atoms. The lowest BCUT2D eigenvalue weighted by Gasteiger charge is -2.08. The van der Waals surface area contributed by atoms with Crippen LogP contribution in [0, 0.1) is 24.0 Å². The molecule has 0 saturated heterocycles. The van der Waals surface area contributed by atoms with Crippen molar-refractivity contribution in [2.45, 2.75) is 20.3 Å². The Morgan fingerprint density at radius 2 is 1.89 bits per heavy atom. The number of imidazole rings is 1. The number of aryl methyl sites for hydroxylation is 2. The van der Waals surface area contributed by atoms with Crippen LogP contribution < -0.4 is 10.6 Å². The zero-order valence-electron chi connectivity index (χ0n) is 15.2. The molecule has 0 saturated carbocycles. The van der Waals surface area contributed by atoms with Gasteiger partial charge in [-0.05, 0) is 44.0 Å². The molecule has 0 atom stereocenters. The number of amides is 1. The van der Waals surface area contributed by atoms with Gasteiger partial charge in [-0.3, -0.25) is 19.3 Å². The van der Waals surface area contributed by atoms with Gasteiger partial charge in [-0.2, -0.15) is 0 Å². The van der Waals surface area contributed by atoms with Gasteiger partial charge in [0.25, 0.3) is 11.6 Å². The Kier molecular flexibility index (Phi) is 5.35. The lowest BCUT2D eigenvalue weighted by Crippen LogP contribution is -2.27. The van der Waals surface area contributed by atoms with Crippen molar-refractivity contribution >= 4 is 22.9 Å². The first-order valence-corrected chi connectivity index (χ1v) is 8.67. The molecule has 3 aromatic rings. The lowest BCUT2D eigenvalue weighted by molar-refractivity contribution is -0.384. The summed E-state index contributed by atoms with van der Waals surface area (Å²) in [6.07, 6.45) is 2.62. The summed E-state index contributed by atoms with van der Waals surface area (Å²) in [5, 5.41) is 16.7. The largest absolute Gasteiger partial charge is 0.385 e. The van der Waals surface area contributed by atoms with Crippen molar-refractivity contribution in [2.24, 2.45) is 0 Å². The fourth-order valence-electron chi connectivity index (χ4n) is 2.85. The van der Waals surface area contributed by atoms with E-state index in [4.69, 9.17) is 0 Å². The van der Waals surface area contributed by atoms with E-state index < -0.39 is 4.92 Å². The molecule has 1 amide bonds. The van der Waals surface area contributed by atoms with E-state index in [0.29, 0.717) is 24.5 Å². The predicted octanol–water partition coefficient (Wildman–Crippen LogP) is 3.09. The summed E-state index contributed by atoms with van der Waals surface area (Å²) in [7, 11) is 0. The first-order valence-electron chi connectivity index (χ1n) is 8.67. The van der Waals surface area contributed by atoms with Crippen molar-refractivity contribution < 1.29 is 9.72 Å². The van der Waals surface area contributed by atoms with Crippen molar-refractivity contribution in [1.82, 2.24) is 14.7 Å². The number of nitrogens with one attached hydrogen (secondary N) is 2. The molecule has 2 heterocycles. The molecule has 2 N–H and O–H groups in total. The van der Waals surface area contributed by atoms with Crippen LogP contribution in [0.1, 0.15) is 28.2 Å². The second-order valence-corrected chi connectivity index (χ2v) is 6.32. The molecule has 2 aromatic heterocycles. The van der Waals surface area contributed by atoms with E-state index in [9.17, 15) is 14.9 Å². The molecular formula is C19H21N5O3. The number of aromatic nitrogens is 2. The van der Waals surface area contributed by atoms with Crippen LogP contribution in [-0.2, 0) is 0 Å². The van der Waals surface area contributed by atoms with Gasteiger partial charge in [0.2, 0.25) is 0 Å². The number of anilines is 1. The number of fused-ring (bicyclic) bond motifs is 1. The molecule has 0 aliphatic rings. The summed E-state index contributed by atoms with van der Waals surface area (Å²) in [5.41, 5.74) is 3.93. The summed E-state index contributed by atoms with van der Waals surface area (Å²) >= 11 is 0. The Labute approximate surface area is 156 Å². The molecule has 3 rings (SSSR count). The van der Waals surface area contributed by atoms with Crippen molar-refractivity contribution in [1.29, 1.82) is 0 Å². The van der Waals surface area contributed by atoms with E-state index in [1.54, 1.807) is 12.1 Å². The third kappa shape index (κ3) is 4.22. The van der Waals surface area contributed by atoms with Crippen LogP contribution in [0.5, 0.6) is 0 Å². The van der Waals surface area contributed by atoms with Gasteiger partial charge in [0.1, 0.15) is 11.3 Å². The minimum Gasteiger partial charge on any atom is -0.385 e. The number of carbonyl (C=O) groups is 1. The monoisotopic (exact) mass is 367 g/mol. The summed E-state index contributed by atoms with van der Waals surface area (Å²) in [4.78, 5) is 27.2. The minimum absolute atomic E-state index is 0.0615. The van der Waals surface area contributed by atoms with Gasteiger partial charge < -0.3 is 10.6 Å². The first kappa shape index (κ1) is 18.4. The highest BCUT2D eigenvalue weighted by Gasteiger charge is 2.16. The smallest absolute Gasteiger partial charge is 0.270 e. The van der Waals surface area contributed by atoms with Crippen molar-refractivity contribution in [3.05, 3.63) is 69.7 Å². The van der Waals surface area contributed by atoms with E-state index in [2.05, 4.69) is 15.6 Å². The number of nitro groups is 1. The second kappa shape index (κ2) is 7.86. The number of benzene rings is 1. The van der Waals surface area contributed by atoms with Crippen LogP contribution in [0.15, 0.2) is 42.6 Å². The van der Waals surface area contributed by atoms with Crippen LogP contribution in [0.4, 0.5) is 11.4 Å². The normalized spacial score (nSPS) is 10.7. The fraction of sp³-hybridized carbons (Fsp3) is 0.263. The zero-order valence-corrected chi connectivity index (χ0v) is 15.2. The number of non-ortho nitro benzene ring substituents is 1. The Balaban J connectivity index is 1.51. The van der Waals surface area contributed by atoms with Crippen molar-refractivity contribution in [2.75, 3.05) is 18.4 Å². The second-order valence-electron chi connectivity index (χ2n) is 6.32. The van der Waals surface area contributed by atoms with Crippen molar-refractivity contribution in [3.8, 4) is 0 Å². The lowest BCUT2D eigenvalue weighted by atomic mass is 10.2. The highest BCUT2D eigenvalue weighted by Crippen LogP contribution is 2.15. The average Bonchev–Trinajstić information content (AvgIpc) is 2.96. The fourth-order valence-corrected chi connectivity index (χ4v) is 2.85. The molecule has 0 unspecified atom stereocenters. The Bertz CT molecular complexity index is 979. The van der Waals surface area contributed by atoms with Crippen LogP contribution in [0.25, 0.3) is 5.65 Å². The molecule has 0 fully saturated rings. The quantitative estimate of drug-likeness (QED) is 0.380. The Morgan fingerprint density at radius 1 is 1.15 bits per heavy atom. The summed E-state index contributed by atoms with van der Waals surface area (Å²) in [6.45, 7) is 4.95. The maximum Gasteiger partial charge on any atom is 0.270 e. The average molecular weight is 367 g/mol. The number of carbonyl (C=O) groups excluding carboxylic acids is 1. The number of hydrogen-bond acceptors (Lipinski definition) is 5.